The lowest BCUT2D eigenvalue weighted by atomic mass is 10.1. The molecule has 0 saturated heterocycles. The Bertz CT molecular complexity index is 1360. The fourth-order valence-electron chi connectivity index (χ4n) is 3.37. The van der Waals surface area contributed by atoms with Gasteiger partial charge in [0.05, 0.1) is 18.2 Å². The highest BCUT2D eigenvalue weighted by atomic mass is 16.7. The van der Waals surface area contributed by atoms with Gasteiger partial charge in [0.2, 0.25) is 0 Å². The number of benzene rings is 3. The molecule has 2 aromatic heterocycles. The standard InChI is InChI=1S/C22H17N5O3/c1-29-18-12-11-15(22(28)30-27-17-10-6-5-9-16(17)25-26-27)20-21(18)24-19(23-20)13-14-7-3-2-4-8-14/h2-12H,13H2,1H3,(H,23,24). The smallest absolute Gasteiger partial charge is 0.367 e. The maximum absolute atomic E-state index is 12.9. The van der Waals surface area contributed by atoms with Crippen LogP contribution in [-0.4, -0.2) is 38.2 Å². The van der Waals surface area contributed by atoms with Crippen molar-refractivity contribution in [3.63, 3.8) is 0 Å². The molecule has 148 valence electrons. The number of hydrogen-bond acceptors (Lipinski definition) is 6. The van der Waals surface area contributed by atoms with Crippen molar-refractivity contribution < 1.29 is 14.4 Å². The molecule has 8 nitrogen and oxygen atoms in total. The summed E-state index contributed by atoms with van der Waals surface area (Å²) < 4.78 is 5.43. The molecular weight excluding hydrogens is 382 g/mol. The van der Waals surface area contributed by atoms with Crippen molar-refractivity contribution in [3.05, 3.63) is 83.7 Å². The fraction of sp³-hybridized carbons (Fsp3) is 0.0909. The highest BCUT2D eigenvalue weighted by Gasteiger charge is 2.20. The van der Waals surface area contributed by atoms with E-state index in [4.69, 9.17) is 9.57 Å². The number of H-pyrrole nitrogens is 1. The number of carbonyl (C=O) groups excluding carboxylic acids is 1. The molecule has 0 aliphatic carbocycles. The summed E-state index contributed by atoms with van der Waals surface area (Å²) >= 11 is 0. The van der Waals surface area contributed by atoms with E-state index < -0.39 is 5.97 Å². The van der Waals surface area contributed by atoms with E-state index in [1.54, 1.807) is 31.4 Å². The van der Waals surface area contributed by atoms with Crippen molar-refractivity contribution in [2.75, 3.05) is 7.11 Å². The van der Waals surface area contributed by atoms with Gasteiger partial charge in [0.25, 0.3) is 0 Å². The Balaban J connectivity index is 1.52. The molecule has 5 rings (SSSR count). The Morgan fingerprint density at radius 2 is 1.83 bits per heavy atom. The number of nitrogens with one attached hydrogen (secondary N) is 1. The number of aromatic amines is 1. The summed E-state index contributed by atoms with van der Waals surface area (Å²) in [5.41, 5.74) is 3.80. The maximum Gasteiger partial charge on any atom is 0.367 e. The third-order valence-corrected chi connectivity index (χ3v) is 4.80. The highest BCUT2D eigenvalue weighted by molar-refractivity contribution is 6.04. The molecule has 0 saturated carbocycles. The Labute approximate surface area is 171 Å². The van der Waals surface area contributed by atoms with Crippen LogP contribution >= 0.6 is 0 Å². The molecule has 0 spiro atoms. The monoisotopic (exact) mass is 399 g/mol. The van der Waals surface area contributed by atoms with Crippen LogP contribution in [0.1, 0.15) is 21.7 Å². The third-order valence-electron chi connectivity index (χ3n) is 4.80. The number of carbonyl (C=O) groups is 1. The van der Waals surface area contributed by atoms with Gasteiger partial charge in [-0.05, 0) is 35.0 Å². The summed E-state index contributed by atoms with van der Waals surface area (Å²) in [4.78, 5) is 27.4. The van der Waals surface area contributed by atoms with Gasteiger partial charge >= 0.3 is 5.97 Å². The lowest BCUT2D eigenvalue weighted by Crippen LogP contribution is -2.21. The second-order valence-corrected chi connectivity index (χ2v) is 6.71. The van der Waals surface area contributed by atoms with Crippen molar-refractivity contribution in [1.82, 2.24) is 25.1 Å². The second-order valence-electron chi connectivity index (χ2n) is 6.71. The third kappa shape index (κ3) is 3.14. The molecule has 5 aromatic rings. The Morgan fingerprint density at radius 3 is 2.67 bits per heavy atom. The van der Waals surface area contributed by atoms with Crippen LogP contribution in [0.25, 0.3) is 22.1 Å². The van der Waals surface area contributed by atoms with Gasteiger partial charge in [0.1, 0.15) is 28.1 Å². The van der Waals surface area contributed by atoms with Crippen molar-refractivity contribution in [2.24, 2.45) is 0 Å². The lowest BCUT2D eigenvalue weighted by molar-refractivity contribution is 0.0411. The maximum atomic E-state index is 12.9. The van der Waals surface area contributed by atoms with Crippen LogP contribution in [0.4, 0.5) is 0 Å². The van der Waals surface area contributed by atoms with E-state index >= 15 is 0 Å². The zero-order valence-electron chi connectivity index (χ0n) is 16.1. The van der Waals surface area contributed by atoms with Crippen molar-refractivity contribution >= 4 is 28.0 Å². The molecule has 2 heterocycles. The average molecular weight is 399 g/mol. The summed E-state index contributed by atoms with van der Waals surface area (Å²) in [5, 5.41) is 7.91. The fourth-order valence-corrected chi connectivity index (χ4v) is 3.37. The quantitative estimate of drug-likeness (QED) is 0.456. The number of rotatable bonds is 5. The molecule has 0 bridgehead atoms. The first-order valence-electron chi connectivity index (χ1n) is 9.35. The first-order valence-corrected chi connectivity index (χ1v) is 9.35. The molecular formula is C22H17N5O3. The summed E-state index contributed by atoms with van der Waals surface area (Å²) in [5.74, 6) is 0.720. The summed E-state index contributed by atoms with van der Waals surface area (Å²) in [6.45, 7) is 0. The minimum atomic E-state index is -0.576. The first-order chi connectivity index (χ1) is 14.7. The van der Waals surface area contributed by atoms with E-state index in [-0.39, 0.29) is 0 Å². The van der Waals surface area contributed by atoms with Crippen LogP contribution < -0.4 is 9.57 Å². The molecule has 3 aromatic carbocycles. The molecule has 0 radical (unpaired) electrons. The molecule has 8 heteroatoms. The van der Waals surface area contributed by atoms with Gasteiger partial charge in [0.15, 0.2) is 0 Å². The van der Waals surface area contributed by atoms with Gasteiger partial charge in [-0.3, -0.25) is 0 Å². The molecule has 0 aliphatic rings. The van der Waals surface area contributed by atoms with Crippen molar-refractivity contribution in [1.29, 1.82) is 0 Å². The minimum absolute atomic E-state index is 0.331. The summed E-state index contributed by atoms with van der Waals surface area (Å²) in [6.07, 6.45) is 0.598. The number of aromatic nitrogens is 5. The van der Waals surface area contributed by atoms with E-state index in [0.29, 0.717) is 39.8 Å². The molecule has 0 fully saturated rings. The average Bonchev–Trinajstić information content (AvgIpc) is 3.38. The number of ether oxygens (including phenoxy) is 1. The van der Waals surface area contributed by atoms with E-state index in [2.05, 4.69) is 20.3 Å². The van der Waals surface area contributed by atoms with Gasteiger partial charge in [-0.2, -0.15) is 0 Å². The van der Waals surface area contributed by atoms with Crippen LogP contribution in [-0.2, 0) is 6.42 Å². The van der Waals surface area contributed by atoms with E-state index in [9.17, 15) is 4.79 Å². The topological polar surface area (TPSA) is 94.9 Å². The zero-order chi connectivity index (χ0) is 20.5. The minimum Gasteiger partial charge on any atom is -0.494 e. The summed E-state index contributed by atoms with van der Waals surface area (Å²) in [6, 6.07) is 20.6. The van der Waals surface area contributed by atoms with Crippen LogP contribution in [0, 0.1) is 0 Å². The Morgan fingerprint density at radius 1 is 1.03 bits per heavy atom. The highest BCUT2D eigenvalue weighted by Crippen LogP contribution is 2.27. The SMILES string of the molecule is COc1ccc(C(=O)On2nnc3ccccc32)c2[nH]c(Cc3ccccc3)nc12. The number of imidazole rings is 1. The van der Waals surface area contributed by atoms with E-state index in [1.165, 1.54) is 0 Å². The normalized spacial score (nSPS) is 11.1. The Kier molecular flexibility index (Phi) is 4.36. The second kappa shape index (κ2) is 7.32. The predicted octanol–water partition coefficient (Wildman–Crippen LogP) is 3.18. The van der Waals surface area contributed by atoms with Crippen LogP contribution in [0.15, 0.2) is 66.7 Å². The molecule has 1 N–H and O–H groups in total. The molecule has 0 atom stereocenters. The number of methoxy groups -OCH3 is 1. The van der Waals surface area contributed by atoms with Gasteiger partial charge in [-0.25, -0.2) is 9.78 Å². The largest absolute Gasteiger partial charge is 0.494 e. The van der Waals surface area contributed by atoms with Crippen LogP contribution in [0.5, 0.6) is 5.75 Å². The number of fused-ring (bicyclic) bond motifs is 2. The van der Waals surface area contributed by atoms with Crippen LogP contribution in [0.2, 0.25) is 0 Å². The molecule has 0 unspecified atom stereocenters. The predicted molar refractivity (Wildman–Crippen MR) is 110 cm³/mol. The van der Waals surface area contributed by atoms with Gasteiger partial charge in [0, 0.05) is 6.42 Å². The zero-order valence-corrected chi connectivity index (χ0v) is 16.1. The Hall–Kier alpha value is -4.20. The molecule has 0 amide bonds. The molecule has 30 heavy (non-hydrogen) atoms. The number of hydrogen-bond donors (Lipinski definition) is 1. The van der Waals surface area contributed by atoms with Crippen molar-refractivity contribution in [3.8, 4) is 5.75 Å². The number of nitrogens with zero attached hydrogens (tertiary/aromatic N) is 4. The lowest BCUT2D eigenvalue weighted by Gasteiger charge is -2.06. The van der Waals surface area contributed by atoms with Gasteiger partial charge < -0.3 is 14.6 Å². The van der Waals surface area contributed by atoms with Crippen molar-refractivity contribution in [2.45, 2.75) is 6.42 Å². The summed E-state index contributed by atoms with van der Waals surface area (Å²) in [7, 11) is 1.57. The van der Waals surface area contributed by atoms with Gasteiger partial charge in [-0.1, -0.05) is 47.3 Å². The molecule has 0 aliphatic heterocycles. The first kappa shape index (κ1) is 17.9. The van der Waals surface area contributed by atoms with E-state index in [1.807, 2.05) is 42.5 Å². The van der Waals surface area contributed by atoms with Gasteiger partial charge in [-0.15, -0.1) is 5.10 Å². The van der Waals surface area contributed by atoms with Crippen LogP contribution in [0.3, 0.4) is 0 Å². The number of para-hydroxylation sites is 1. The van der Waals surface area contributed by atoms with E-state index in [0.717, 1.165) is 16.2 Å².